The van der Waals surface area contributed by atoms with E-state index in [4.69, 9.17) is 5.11 Å². The molecule has 1 saturated heterocycles. The van der Waals surface area contributed by atoms with E-state index in [9.17, 15) is 18.0 Å². The molecule has 0 unspecified atom stereocenters. The molecule has 26 heavy (non-hydrogen) atoms. The Balaban J connectivity index is 1.59. The van der Waals surface area contributed by atoms with Crippen molar-refractivity contribution >= 4 is 21.9 Å². The Morgan fingerprint density at radius 1 is 1.04 bits per heavy atom. The number of piperazine rings is 1. The van der Waals surface area contributed by atoms with Gasteiger partial charge in [-0.15, -0.1) is 0 Å². The topological polar surface area (TPSA) is 113 Å². The maximum atomic E-state index is 12.6. The van der Waals surface area contributed by atoms with Gasteiger partial charge in [0.05, 0.1) is 4.90 Å². The normalized spacial score (nSPS) is 15.8. The van der Waals surface area contributed by atoms with Crippen LogP contribution in [0.4, 0.5) is 0 Å². The molecule has 1 amide bonds. The van der Waals surface area contributed by atoms with Gasteiger partial charge in [0.2, 0.25) is 15.9 Å². The third kappa shape index (κ3) is 3.75. The van der Waals surface area contributed by atoms with Gasteiger partial charge >= 0.3 is 5.97 Å². The van der Waals surface area contributed by atoms with E-state index in [2.05, 4.69) is 5.10 Å². The van der Waals surface area contributed by atoms with E-state index in [1.807, 2.05) is 0 Å². The monoisotopic (exact) mass is 378 g/mol. The molecule has 0 saturated carbocycles. The highest BCUT2D eigenvalue weighted by molar-refractivity contribution is 7.89. The molecular formula is C16H18N4O5S. The van der Waals surface area contributed by atoms with Gasteiger partial charge in [0, 0.05) is 32.4 Å². The lowest BCUT2D eigenvalue weighted by molar-refractivity contribution is -0.133. The summed E-state index contributed by atoms with van der Waals surface area (Å²) in [5.41, 5.74) is -0.128. The number of aromatic carboxylic acids is 1. The number of carboxylic acids is 1. The van der Waals surface area contributed by atoms with Crippen LogP contribution >= 0.6 is 0 Å². The molecule has 1 fully saturated rings. The van der Waals surface area contributed by atoms with Crippen molar-refractivity contribution in [3.05, 3.63) is 48.3 Å². The van der Waals surface area contributed by atoms with Crippen molar-refractivity contribution < 1.29 is 23.1 Å². The number of rotatable bonds is 5. The average molecular weight is 378 g/mol. The Labute approximate surface area is 150 Å². The number of nitrogens with zero attached hydrogens (tertiary/aromatic N) is 4. The molecule has 1 aliphatic heterocycles. The summed E-state index contributed by atoms with van der Waals surface area (Å²) in [5.74, 6) is -1.39. The predicted molar refractivity (Wildman–Crippen MR) is 91.0 cm³/mol. The van der Waals surface area contributed by atoms with Gasteiger partial charge in [-0.1, -0.05) is 18.2 Å². The van der Waals surface area contributed by atoms with E-state index >= 15 is 0 Å². The Bertz CT molecular complexity index is 902. The van der Waals surface area contributed by atoms with Crippen molar-refractivity contribution in [2.24, 2.45) is 0 Å². The molecule has 3 rings (SSSR count). The third-order valence-corrected chi connectivity index (χ3v) is 6.04. The quantitative estimate of drug-likeness (QED) is 0.790. The second-order valence-corrected chi connectivity index (χ2v) is 7.74. The molecule has 0 spiro atoms. The number of hydrogen-bond donors (Lipinski definition) is 1. The third-order valence-electron chi connectivity index (χ3n) is 4.13. The highest BCUT2D eigenvalue weighted by Crippen LogP contribution is 2.17. The van der Waals surface area contributed by atoms with Gasteiger partial charge in [0.15, 0.2) is 5.69 Å². The number of hydrogen-bond acceptors (Lipinski definition) is 5. The van der Waals surface area contributed by atoms with Crippen LogP contribution in [-0.4, -0.2) is 70.6 Å². The molecule has 0 radical (unpaired) electrons. The molecule has 10 heteroatoms. The molecule has 2 heterocycles. The van der Waals surface area contributed by atoms with Gasteiger partial charge in [0.1, 0.15) is 6.54 Å². The first-order valence-electron chi connectivity index (χ1n) is 7.97. The Kier molecular flexibility index (Phi) is 5.05. The van der Waals surface area contributed by atoms with Crippen LogP contribution in [0.15, 0.2) is 47.5 Å². The number of carboxylic acid groups (broad SMARTS) is 1. The zero-order chi connectivity index (χ0) is 18.7. The molecule has 1 N–H and O–H groups in total. The number of benzene rings is 1. The van der Waals surface area contributed by atoms with Crippen LogP contribution in [0.1, 0.15) is 10.5 Å². The number of aromatic nitrogens is 2. The van der Waals surface area contributed by atoms with E-state index in [1.54, 1.807) is 35.2 Å². The second-order valence-electron chi connectivity index (χ2n) is 5.80. The Morgan fingerprint density at radius 2 is 1.69 bits per heavy atom. The summed E-state index contributed by atoms with van der Waals surface area (Å²) in [5, 5.41) is 12.6. The number of amides is 1. The minimum atomic E-state index is -3.56. The van der Waals surface area contributed by atoms with Gasteiger partial charge in [-0.2, -0.15) is 9.40 Å². The molecule has 0 atom stereocenters. The lowest BCUT2D eigenvalue weighted by Gasteiger charge is -2.34. The Hall–Kier alpha value is -2.72. The van der Waals surface area contributed by atoms with Crippen molar-refractivity contribution in [1.29, 1.82) is 0 Å². The Morgan fingerprint density at radius 3 is 2.27 bits per heavy atom. The van der Waals surface area contributed by atoms with Gasteiger partial charge < -0.3 is 10.0 Å². The van der Waals surface area contributed by atoms with Crippen molar-refractivity contribution in [3.63, 3.8) is 0 Å². The number of carbonyl (C=O) groups is 2. The van der Waals surface area contributed by atoms with Crippen LogP contribution < -0.4 is 0 Å². The van der Waals surface area contributed by atoms with Crippen LogP contribution in [-0.2, 0) is 21.4 Å². The fourth-order valence-corrected chi connectivity index (χ4v) is 4.17. The molecule has 1 aromatic heterocycles. The molecule has 0 aliphatic carbocycles. The summed E-state index contributed by atoms with van der Waals surface area (Å²) in [6, 6.07) is 9.50. The van der Waals surface area contributed by atoms with E-state index in [0.717, 1.165) is 0 Å². The van der Waals surface area contributed by atoms with Crippen molar-refractivity contribution in [1.82, 2.24) is 19.0 Å². The van der Waals surface area contributed by atoms with Crippen molar-refractivity contribution in [2.45, 2.75) is 11.4 Å². The average Bonchev–Trinajstić information content (AvgIpc) is 3.11. The van der Waals surface area contributed by atoms with E-state index in [0.29, 0.717) is 0 Å². The second kappa shape index (κ2) is 7.26. The molecule has 9 nitrogen and oxygen atoms in total. The first-order valence-corrected chi connectivity index (χ1v) is 9.41. The first kappa shape index (κ1) is 18.1. The van der Waals surface area contributed by atoms with Crippen LogP contribution in [0.3, 0.4) is 0 Å². The van der Waals surface area contributed by atoms with Gasteiger partial charge in [-0.05, 0) is 18.2 Å². The molecule has 1 aromatic carbocycles. The van der Waals surface area contributed by atoms with E-state index in [1.165, 1.54) is 21.3 Å². The summed E-state index contributed by atoms with van der Waals surface area (Å²) in [6.07, 6.45) is 1.43. The minimum absolute atomic E-state index is 0.0846. The molecular weight excluding hydrogens is 360 g/mol. The van der Waals surface area contributed by atoms with Gasteiger partial charge in [-0.25, -0.2) is 13.2 Å². The summed E-state index contributed by atoms with van der Waals surface area (Å²) in [6.45, 7) is 0.888. The van der Waals surface area contributed by atoms with Crippen molar-refractivity contribution in [3.8, 4) is 0 Å². The van der Waals surface area contributed by atoms with Gasteiger partial charge in [-0.3, -0.25) is 9.48 Å². The maximum Gasteiger partial charge on any atom is 0.356 e. The number of carbonyl (C=O) groups excluding carboxylic acids is 1. The standard InChI is InChI=1S/C16H18N4O5S/c21-15(12-19-7-6-14(17-19)16(22)23)18-8-10-20(11-9-18)26(24,25)13-4-2-1-3-5-13/h1-7H,8-12H2,(H,22,23). The van der Waals surface area contributed by atoms with Crippen LogP contribution in [0.2, 0.25) is 0 Å². The molecule has 138 valence electrons. The first-order chi connectivity index (χ1) is 12.4. The van der Waals surface area contributed by atoms with E-state index < -0.39 is 16.0 Å². The van der Waals surface area contributed by atoms with Crippen LogP contribution in [0.25, 0.3) is 0 Å². The van der Waals surface area contributed by atoms with Crippen LogP contribution in [0, 0.1) is 0 Å². The zero-order valence-corrected chi connectivity index (χ0v) is 14.7. The zero-order valence-electron chi connectivity index (χ0n) is 13.9. The SMILES string of the molecule is O=C(O)c1ccn(CC(=O)N2CCN(S(=O)(=O)c3ccccc3)CC2)n1. The van der Waals surface area contributed by atoms with Crippen molar-refractivity contribution in [2.75, 3.05) is 26.2 Å². The smallest absolute Gasteiger partial charge is 0.356 e. The number of sulfonamides is 1. The highest BCUT2D eigenvalue weighted by Gasteiger charge is 2.30. The summed E-state index contributed by atoms with van der Waals surface area (Å²) >= 11 is 0. The molecule has 2 aromatic rings. The molecule has 0 bridgehead atoms. The van der Waals surface area contributed by atoms with E-state index in [-0.39, 0.29) is 49.2 Å². The fourth-order valence-electron chi connectivity index (χ4n) is 2.72. The highest BCUT2D eigenvalue weighted by atomic mass is 32.2. The lowest BCUT2D eigenvalue weighted by atomic mass is 10.3. The summed E-state index contributed by atoms with van der Waals surface area (Å²) in [4.78, 5) is 24.9. The fraction of sp³-hybridized carbons (Fsp3) is 0.312. The molecule has 1 aliphatic rings. The maximum absolute atomic E-state index is 12.6. The van der Waals surface area contributed by atoms with Gasteiger partial charge in [0.25, 0.3) is 0 Å². The minimum Gasteiger partial charge on any atom is -0.476 e. The summed E-state index contributed by atoms with van der Waals surface area (Å²) < 4.78 is 27.8. The van der Waals surface area contributed by atoms with Crippen LogP contribution in [0.5, 0.6) is 0 Å². The largest absolute Gasteiger partial charge is 0.476 e. The lowest BCUT2D eigenvalue weighted by Crippen LogP contribution is -2.51. The summed E-state index contributed by atoms with van der Waals surface area (Å²) in [7, 11) is -3.56. The predicted octanol–water partition coefficient (Wildman–Crippen LogP) is 0.114.